The van der Waals surface area contributed by atoms with E-state index >= 15 is 0 Å². The molecular formula is C21H27N7O. The molecule has 1 N–H and O–H groups in total. The van der Waals surface area contributed by atoms with E-state index < -0.39 is 0 Å². The van der Waals surface area contributed by atoms with Gasteiger partial charge in [0, 0.05) is 37.3 Å². The van der Waals surface area contributed by atoms with Crippen LogP contribution in [0.1, 0.15) is 26.7 Å². The van der Waals surface area contributed by atoms with Gasteiger partial charge in [-0.15, -0.1) is 5.10 Å². The van der Waals surface area contributed by atoms with Crippen molar-refractivity contribution in [2.24, 2.45) is 18.9 Å². The molecule has 0 saturated carbocycles. The summed E-state index contributed by atoms with van der Waals surface area (Å²) in [6, 6.07) is 3.84. The van der Waals surface area contributed by atoms with Crippen molar-refractivity contribution in [2.45, 2.75) is 26.7 Å². The van der Waals surface area contributed by atoms with Gasteiger partial charge in [0.25, 0.3) is 0 Å². The van der Waals surface area contributed by atoms with Gasteiger partial charge in [-0.05, 0) is 49.4 Å². The van der Waals surface area contributed by atoms with E-state index in [0.717, 1.165) is 48.9 Å². The van der Waals surface area contributed by atoms with Gasteiger partial charge in [0.1, 0.15) is 11.5 Å². The number of carbonyl (C=O) groups is 1. The number of amides is 1. The van der Waals surface area contributed by atoms with E-state index in [4.69, 9.17) is 0 Å². The smallest absolute Gasteiger partial charge is 0.228 e. The standard InChI is InChI=1S/C21H27N7O/c1-14(2)12-28-6-4-15(5-7-28)21(29)24-20-9-16-8-18(19-13-27(3)26-25-19)22-10-17(16)11-23-20/h8-11,13-15H,4-7,12H2,1-3H3,(H,23,24,29). The number of pyridine rings is 2. The lowest BCUT2D eigenvalue weighted by molar-refractivity contribution is -0.121. The van der Waals surface area contributed by atoms with Gasteiger partial charge in [-0.2, -0.15) is 0 Å². The minimum atomic E-state index is 0.0449. The molecule has 3 aromatic rings. The number of likely N-dealkylation sites (tertiary alicyclic amines) is 1. The Balaban J connectivity index is 1.44. The van der Waals surface area contributed by atoms with Crippen molar-refractivity contribution >= 4 is 22.5 Å². The normalized spacial score (nSPS) is 15.9. The van der Waals surface area contributed by atoms with E-state index in [9.17, 15) is 4.79 Å². The van der Waals surface area contributed by atoms with Crippen LogP contribution in [0.5, 0.6) is 0 Å². The first-order valence-corrected chi connectivity index (χ1v) is 10.1. The molecule has 0 radical (unpaired) electrons. The molecule has 0 unspecified atom stereocenters. The fourth-order valence-electron chi connectivity index (χ4n) is 3.83. The lowest BCUT2D eigenvalue weighted by atomic mass is 9.95. The summed E-state index contributed by atoms with van der Waals surface area (Å²) in [6.45, 7) is 7.52. The second-order valence-electron chi connectivity index (χ2n) is 8.22. The number of carbonyl (C=O) groups excluding carboxylic acids is 1. The van der Waals surface area contributed by atoms with Crippen LogP contribution in [0.15, 0.2) is 30.7 Å². The van der Waals surface area contributed by atoms with Crippen molar-refractivity contribution in [3.05, 3.63) is 30.7 Å². The molecular weight excluding hydrogens is 366 g/mol. The number of hydrogen-bond acceptors (Lipinski definition) is 6. The number of piperidine rings is 1. The van der Waals surface area contributed by atoms with E-state index in [2.05, 4.69) is 44.3 Å². The summed E-state index contributed by atoms with van der Waals surface area (Å²) < 4.78 is 1.64. The third-order valence-corrected chi connectivity index (χ3v) is 5.30. The van der Waals surface area contributed by atoms with Crippen LogP contribution >= 0.6 is 0 Å². The fourth-order valence-corrected chi connectivity index (χ4v) is 3.83. The quantitative estimate of drug-likeness (QED) is 0.717. The Morgan fingerprint density at radius 3 is 2.59 bits per heavy atom. The first kappa shape index (κ1) is 19.4. The molecule has 1 amide bonds. The molecule has 1 saturated heterocycles. The van der Waals surface area contributed by atoms with Crippen LogP contribution in [0.3, 0.4) is 0 Å². The first-order valence-electron chi connectivity index (χ1n) is 10.1. The molecule has 0 aliphatic carbocycles. The monoisotopic (exact) mass is 393 g/mol. The van der Waals surface area contributed by atoms with Crippen molar-refractivity contribution in [1.29, 1.82) is 0 Å². The molecule has 1 aliphatic heterocycles. The maximum Gasteiger partial charge on any atom is 0.228 e. The highest BCUT2D eigenvalue weighted by Crippen LogP contribution is 2.23. The third kappa shape index (κ3) is 4.59. The van der Waals surface area contributed by atoms with Crippen LogP contribution < -0.4 is 5.32 Å². The summed E-state index contributed by atoms with van der Waals surface area (Å²) >= 11 is 0. The highest BCUT2D eigenvalue weighted by Gasteiger charge is 2.25. The van der Waals surface area contributed by atoms with E-state index in [-0.39, 0.29) is 11.8 Å². The van der Waals surface area contributed by atoms with Crippen LogP contribution in [0.4, 0.5) is 5.82 Å². The summed E-state index contributed by atoms with van der Waals surface area (Å²) in [6.07, 6.45) is 7.12. The molecule has 4 heterocycles. The molecule has 152 valence electrons. The molecule has 0 bridgehead atoms. The van der Waals surface area contributed by atoms with Crippen molar-refractivity contribution in [1.82, 2.24) is 29.9 Å². The number of hydrogen-bond donors (Lipinski definition) is 1. The van der Waals surface area contributed by atoms with Gasteiger partial charge in [-0.1, -0.05) is 19.1 Å². The average molecular weight is 393 g/mol. The Labute approximate surface area is 170 Å². The number of fused-ring (bicyclic) bond motifs is 1. The predicted octanol–water partition coefficient (Wildman–Crippen LogP) is 2.73. The summed E-state index contributed by atoms with van der Waals surface area (Å²) in [5.74, 6) is 1.33. The fraction of sp³-hybridized carbons (Fsp3) is 0.476. The molecule has 8 heteroatoms. The number of aryl methyl sites for hydroxylation is 1. The van der Waals surface area contributed by atoms with Gasteiger partial charge >= 0.3 is 0 Å². The highest BCUT2D eigenvalue weighted by atomic mass is 16.1. The highest BCUT2D eigenvalue weighted by molar-refractivity contribution is 5.94. The molecule has 0 spiro atoms. The van der Waals surface area contributed by atoms with Crippen LogP contribution in [0, 0.1) is 11.8 Å². The first-order chi connectivity index (χ1) is 14.0. The molecule has 4 rings (SSSR count). The zero-order valence-electron chi connectivity index (χ0n) is 17.2. The molecule has 1 fully saturated rings. The zero-order valence-corrected chi connectivity index (χ0v) is 17.2. The Kier molecular flexibility index (Phi) is 5.53. The summed E-state index contributed by atoms with van der Waals surface area (Å²) in [5, 5.41) is 12.9. The lowest BCUT2D eigenvalue weighted by Crippen LogP contribution is -2.39. The third-order valence-electron chi connectivity index (χ3n) is 5.30. The second-order valence-corrected chi connectivity index (χ2v) is 8.22. The van der Waals surface area contributed by atoms with E-state index in [1.54, 1.807) is 17.1 Å². The number of nitrogens with one attached hydrogen (secondary N) is 1. The van der Waals surface area contributed by atoms with Gasteiger partial charge in [-0.3, -0.25) is 14.5 Å². The molecule has 0 aromatic carbocycles. The van der Waals surface area contributed by atoms with Crippen LogP contribution in [0.2, 0.25) is 0 Å². The molecule has 8 nitrogen and oxygen atoms in total. The predicted molar refractivity (Wildman–Crippen MR) is 112 cm³/mol. The van der Waals surface area contributed by atoms with Crippen LogP contribution in [-0.4, -0.2) is 55.4 Å². The van der Waals surface area contributed by atoms with Crippen molar-refractivity contribution < 1.29 is 4.79 Å². The number of rotatable bonds is 5. The SMILES string of the molecule is CC(C)CN1CCC(C(=O)Nc2cc3cc(-c4cn(C)nn4)ncc3cn2)CC1. The van der Waals surface area contributed by atoms with Gasteiger partial charge in [0.2, 0.25) is 5.91 Å². The molecule has 29 heavy (non-hydrogen) atoms. The van der Waals surface area contributed by atoms with Gasteiger partial charge < -0.3 is 10.2 Å². The number of anilines is 1. The van der Waals surface area contributed by atoms with Crippen molar-refractivity contribution in [3.8, 4) is 11.4 Å². The molecule has 3 aromatic heterocycles. The lowest BCUT2D eigenvalue weighted by Gasteiger charge is -2.32. The molecule has 1 aliphatic rings. The summed E-state index contributed by atoms with van der Waals surface area (Å²) in [4.78, 5) is 24.0. The summed E-state index contributed by atoms with van der Waals surface area (Å²) in [5.41, 5.74) is 1.46. The maximum absolute atomic E-state index is 12.7. The van der Waals surface area contributed by atoms with Crippen molar-refractivity contribution in [2.75, 3.05) is 25.0 Å². The minimum absolute atomic E-state index is 0.0449. The largest absolute Gasteiger partial charge is 0.310 e. The zero-order chi connectivity index (χ0) is 20.4. The topological polar surface area (TPSA) is 88.8 Å². The Bertz CT molecular complexity index is 1010. The van der Waals surface area contributed by atoms with E-state index in [1.165, 1.54) is 0 Å². The van der Waals surface area contributed by atoms with Crippen LogP contribution in [0.25, 0.3) is 22.2 Å². The van der Waals surface area contributed by atoms with E-state index in [0.29, 0.717) is 17.4 Å². The van der Waals surface area contributed by atoms with E-state index in [1.807, 2.05) is 25.4 Å². The Morgan fingerprint density at radius 1 is 1.14 bits per heavy atom. The summed E-state index contributed by atoms with van der Waals surface area (Å²) in [7, 11) is 1.82. The maximum atomic E-state index is 12.7. The van der Waals surface area contributed by atoms with Gasteiger partial charge in [0.05, 0.1) is 11.9 Å². The Hall–Kier alpha value is -2.87. The number of aromatic nitrogens is 5. The number of nitrogens with zero attached hydrogens (tertiary/aromatic N) is 6. The van der Waals surface area contributed by atoms with Crippen LogP contribution in [-0.2, 0) is 11.8 Å². The average Bonchev–Trinajstić information content (AvgIpc) is 3.14. The van der Waals surface area contributed by atoms with Crippen molar-refractivity contribution in [3.63, 3.8) is 0 Å². The molecule has 0 atom stereocenters. The van der Waals surface area contributed by atoms with Gasteiger partial charge in [-0.25, -0.2) is 4.98 Å². The van der Waals surface area contributed by atoms with Gasteiger partial charge in [0.15, 0.2) is 0 Å². The Morgan fingerprint density at radius 2 is 1.90 bits per heavy atom. The minimum Gasteiger partial charge on any atom is -0.310 e. The second kappa shape index (κ2) is 8.24.